The van der Waals surface area contributed by atoms with Crippen LogP contribution in [0.25, 0.3) is 6.08 Å². The Labute approximate surface area is 69.4 Å². The van der Waals surface area contributed by atoms with Gasteiger partial charge in [-0.05, 0) is 12.1 Å². The lowest BCUT2D eigenvalue weighted by Gasteiger charge is -1.95. The lowest BCUT2D eigenvalue weighted by atomic mass is 10.2. The number of pyridine rings is 1. The van der Waals surface area contributed by atoms with Gasteiger partial charge in [-0.25, -0.2) is 4.79 Å². The third kappa shape index (κ3) is 2.09. The Balaban J connectivity index is 2.89. The minimum absolute atomic E-state index is 0.516. The summed E-state index contributed by atoms with van der Waals surface area (Å²) in [7, 11) is 0. The molecule has 0 aliphatic carbocycles. The lowest BCUT2D eigenvalue weighted by Crippen LogP contribution is -1.91. The van der Waals surface area contributed by atoms with Crippen LogP contribution < -0.4 is 5.73 Å². The van der Waals surface area contributed by atoms with E-state index in [0.717, 1.165) is 6.08 Å². The smallest absolute Gasteiger partial charge is 0.328 e. The Morgan fingerprint density at radius 3 is 3.00 bits per heavy atom. The van der Waals surface area contributed by atoms with E-state index in [1.165, 1.54) is 12.3 Å². The number of anilines is 1. The molecule has 4 heteroatoms. The molecule has 0 amide bonds. The minimum Gasteiger partial charge on any atom is -0.478 e. The Morgan fingerprint density at radius 2 is 2.42 bits per heavy atom. The van der Waals surface area contributed by atoms with Crippen LogP contribution in [0, 0.1) is 0 Å². The van der Waals surface area contributed by atoms with Gasteiger partial charge in [0, 0.05) is 29.7 Å². The second-order valence-corrected chi connectivity index (χ2v) is 2.18. The number of aromatic nitrogens is 1. The quantitative estimate of drug-likeness (QED) is 0.633. The summed E-state index contributed by atoms with van der Waals surface area (Å²) in [5.41, 5.74) is 6.65. The van der Waals surface area contributed by atoms with Crippen LogP contribution in [-0.4, -0.2) is 16.1 Å². The Morgan fingerprint density at radius 1 is 1.67 bits per heavy atom. The highest BCUT2D eigenvalue weighted by molar-refractivity contribution is 5.86. The summed E-state index contributed by atoms with van der Waals surface area (Å²) < 4.78 is 0. The van der Waals surface area contributed by atoms with Crippen molar-refractivity contribution in [3.8, 4) is 0 Å². The van der Waals surface area contributed by atoms with Gasteiger partial charge in [0.25, 0.3) is 0 Å². The monoisotopic (exact) mass is 164 g/mol. The first kappa shape index (κ1) is 8.26. The lowest BCUT2D eigenvalue weighted by molar-refractivity contribution is -0.131. The molecule has 0 fully saturated rings. The summed E-state index contributed by atoms with van der Waals surface area (Å²) in [6.07, 6.45) is 5.49. The standard InChI is InChI=1S/C8H8N2O2/c9-7-3-4-10-5-6(7)1-2-8(11)12/h1-5H,(H2,9,10)(H,11,12)/b2-1+. The van der Waals surface area contributed by atoms with E-state index in [0.29, 0.717) is 11.3 Å². The van der Waals surface area contributed by atoms with E-state index in [4.69, 9.17) is 10.8 Å². The molecular weight excluding hydrogens is 156 g/mol. The van der Waals surface area contributed by atoms with E-state index in [1.54, 1.807) is 12.3 Å². The number of hydrogen-bond donors (Lipinski definition) is 2. The molecule has 0 aliphatic heterocycles. The van der Waals surface area contributed by atoms with E-state index in [1.807, 2.05) is 0 Å². The van der Waals surface area contributed by atoms with Gasteiger partial charge in [0.1, 0.15) is 0 Å². The summed E-state index contributed by atoms with van der Waals surface area (Å²) >= 11 is 0. The second kappa shape index (κ2) is 3.52. The zero-order chi connectivity index (χ0) is 8.97. The van der Waals surface area contributed by atoms with Crippen molar-refractivity contribution in [1.82, 2.24) is 4.98 Å². The van der Waals surface area contributed by atoms with Crippen molar-refractivity contribution in [3.05, 3.63) is 30.1 Å². The fourth-order valence-corrected chi connectivity index (χ4v) is 0.718. The van der Waals surface area contributed by atoms with Gasteiger partial charge in [0.05, 0.1) is 0 Å². The maximum Gasteiger partial charge on any atom is 0.328 e. The first-order valence-corrected chi connectivity index (χ1v) is 3.30. The number of nitrogens with two attached hydrogens (primary N) is 1. The van der Waals surface area contributed by atoms with E-state index in [2.05, 4.69) is 4.98 Å². The van der Waals surface area contributed by atoms with Crippen LogP contribution in [0.5, 0.6) is 0 Å². The van der Waals surface area contributed by atoms with Crippen molar-refractivity contribution < 1.29 is 9.90 Å². The molecule has 0 saturated carbocycles. The van der Waals surface area contributed by atoms with Crippen molar-refractivity contribution >= 4 is 17.7 Å². The van der Waals surface area contributed by atoms with E-state index in [9.17, 15) is 4.79 Å². The van der Waals surface area contributed by atoms with Gasteiger partial charge in [-0.2, -0.15) is 0 Å². The molecule has 0 radical (unpaired) electrons. The molecule has 1 aromatic heterocycles. The molecule has 0 saturated heterocycles. The van der Waals surface area contributed by atoms with Crippen LogP contribution in [-0.2, 0) is 4.79 Å². The number of carbonyl (C=O) groups is 1. The SMILES string of the molecule is Nc1ccncc1/C=C/C(=O)O. The summed E-state index contributed by atoms with van der Waals surface area (Å²) in [6, 6.07) is 1.61. The van der Waals surface area contributed by atoms with Gasteiger partial charge < -0.3 is 10.8 Å². The van der Waals surface area contributed by atoms with Crippen molar-refractivity contribution in [2.45, 2.75) is 0 Å². The largest absolute Gasteiger partial charge is 0.478 e. The zero-order valence-corrected chi connectivity index (χ0v) is 6.27. The average Bonchev–Trinajstić information content (AvgIpc) is 2.03. The maximum atomic E-state index is 10.1. The number of nitrogen functional groups attached to an aromatic ring is 1. The molecule has 4 nitrogen and oxygen atoms in total. The average molecular weight is 164 g/mol. The molecule has 1 aromatic rings. The molecule has 0 aromatic carbocycles. The second-order valence-electron chi connectivity index (χ2n) is 2.18. The Hall–Kier alpha value is -1.84. The molecule has 0 bridgehead atoms. The molecule has 0 atom stereocenters. The number of carboxylic acids is 1. The fraction of sp³-hybridized carbons (Fsp3) is 0. The number of aliphatic carboxylic acids is 1. The molecule has 3 N–H and O–H groups in total. The zero-order valence-electron chi connectivity index (χ0n) is 6.27. The molecule has 1 heterocycles. The molecule has 1 rings (SSSR count). The third-order valence-corrected chi connectivity index (χ3v) is 1.29. The highest BCUT2D eigenvalue weighted by Gasteiger charge is 1.93. The van der Waals surface area contributed by atoms with Gasteiger partial charge in [-0.15, -0.1) is 0 Å². The first-order chi connectivity index (χ1) is 5.70. The molecule has 12 heavy (non-hydrogen) atoms. The van der Waals surface area contributed by atoms with E-state index in [-0.39, 0.29) is 0 Å². The predicted octanol–water partition coefficient (Wildman–Crippen LogP) is 0.762. The molecule has 0 unspecified atom stereocenters. The van der Waals surface area contributed by atoms with Crippen LogP contribution in [0.2, 0.25) is 0 Å². The summed E-state index contributed by atoms with van der Waals surface area (Å²) in [5.74, 6) is -1.00. The van der Waals surface area contributed by atoms with Crippen molar-refractivity contribution in [1.29, 1.82) is 0 Å². The van der Waals surface area contributed by atoms with Gasteiger partial charge in [-0.3, -0.25) is 4.98 Å². The first-order valence-electron chi connectivity index (χ1n) is 3.30. The van der Waals surface area contributed by atoms with Gasteiger partial charge in [0.2, 0.25) is 0 Å². The maximum absolute atomic E-state index is 10.1. The van der Waals surface area contributed by atoms with Crippen molar-refractivity contribution in [3.63, 3.8) is 0 Å². The minimum atomic E-state index is -1.00. The van der Waals surface area contributed by atoms with Crippen molar-refractivity contribution in [2.75, 3.05) is 5.73 Å². The number of rotatable bonds is 2. The van der Waals surface area contributed by atoms with Gasteiger partial charge in [-0.1, -0.05) is 0 Å². The molecule has 0 aliphatic rings. The summed E-state index contributed by atoms with van der Waals surface area (Å²) in [5, 5.41) is 8.32. The van der Waals surface area contributed by atoms with Gasteiger partial charge >= 0.3 is 5.97 Å². The number of carboxylic acid groups (broad SMARTS) is 1. The molecule has 62 valence electrons. The fourth-order valence-electron chi connectivity index (χ4n) is 0.718. The summed E-state index contributed by atoms with van der Waals surface area (Å²) in [6.45, 7) is 0. The molecule has 0 spiro atoms. The van der Waals surface area contributed by atoms with Crippen LogP contribution in [0.4, 0.5) is 5.69 Å². The normalized spacial score (nSPS) is 10.3. The topological polar surface area (TPSA) is 76.2 Å². The Kier molecular flexibility index (Phi) is 2.42. The van der Waals surface area contributed by atoms with Crippen molar-refractivity contribution in [2.24, 2.45) is 0 Å². The predicted molar refractivity (Wildman–Crippen MR) is 45.3 cm³/mol. The summed E-state index contributed by atoms with van der Waals surface area (Å²) in [4.78, 5) is 13.9. The van der Waals surface area contributed by atoms with Crippen LogP contribution in [0.3, 0.4) is 0 Å². The van der Waals surface area contributed by atoms with E-state index >= 15 is 0 Å². The number of nitrogens with zero attached hydrogens (tertiary/aromatic N) is 1. The highest BCUT2D eigenvalue weighted by atomic mass is 16.4. The van der Waals surface area contributed by atoms with E-state index < -0.39 is 5.97 Å². The van der Waals surface area contributed by atoms with Crippen LogP contribution in [0.1, 0.15) is 5.56 Å². The molecular formula is C8H8N2O2. The Bertz CT molecular complexity index is 321. The van der Waals surface area contributed by atoms with Crippen LogP contribution in [0.15, 0.2) is 24.5 Å². The van der Waals surface area contributed by atoms with Gasteiger partial charge in [0.15, 0.2) is 0 Å². The third-order valence-electron chi connectivity index (χ3n) is 1.29. The highest BCUT2D eigenvalue weighted by Crippen LogP contribution is 2.09. The van der Waals surface area contributed by atoms with Crippen LogP contribution >= 0.6 is 0 Å². The number of hydrogen-bond acceptors (Lipinski definition) is 3.